The van der Waals surface area contributed by atoms with Crippen molar-refractivity contribution >= 4 is 5.97 Å². The predicted octanol–water partition coefficient (Wildman–Crippen LogP) is 0.336. The highest BCUT2D eigenvalue weighted by Gasteiger charge is 2.07. The van der Waals surface area contributed by atoms with Crippen molar-refractivity contribution in [1.29, 1.82) is 0 Å². The van der Waals surface area contributed by atoms with Gasteiger partial charge in [-0.05, 0) is 19.9 Å². The van der Waals surface area contributed by atoms with Gasteiger partial charge < -0.3 is 15.0 Å². The van der Waals surface area contributed by atoms with Crippen LogP contribution in [0.5, 0.6) is 0 Å². The Morgan fingerprint density at radius 2 is 2.50 bits per heavy atom. The summed E-state index contributed by atoms with van der Waals surface area (Å²) in [6, 6.07) is -0.474. The Bertz CT molecular complexity index is 272. The first-order valence-corrected chi connectivity index (χ1v) is 4.62. The van der Waals surface area contributed by atoms with E-state index in [1.165, 1.54) is 0 Å². The van der Waals surface area contributed by atoms with E-state index in [-0.39, 0.29) is 0 Å². The number of aromatic nitrogens is 2. The Labute approximate surface area is 82.8 Å². The van der Waals surface area contributed by atoms with Crippen LogP contribution in [0.1, 0.15) is 13.3 Å². The highest BCUT2D eigenvalue weighted by molar-refractivity contribution is 5.72. The number of carbonyl (C=O) groups is 1. The van der Waals surface area contributed by atoms with Crippen LogP contribution < -0.4 is 5.32 Å². The lowest BCUT2D eigenvalue weighted by Gasteiger charge is -2.08. The number of hydrogen-bond acceptors (Lipinski definition) is 3. The van der Waals surface area contributed by atoms with Crippen LogP contribution >= 0.6 is 0 Å². The van der Waals surface area contributed by atoms with Crippen LogP contribution in [0.2, 0.25) is 0 Å². The van der Waals surface area contributed by atoms with Crippen molar-refractivity contribution < 1.29 is 9.90 Å². The average Bonchev–Trinajstić information content (AvgIpc) is 2.64. The van der Waals surface area contributed by atoms with Crippen molar-refractivity contribution in [3.05, 3.63) is 18.7 Å². The molecule has 0 saturated carbocycles. The fourth-order valence-electron chi connectivity index (χ4n) is 1.09. The third-order valence-corrected chi connectivity index (χ3v) is 1.97. The number of rotatable bonds is 6. The highest BCUT2D eigenvalue weighted by atomic mass is 16.4. The van der Waals surface area contributed by atoms with E-state index in [0.29, 0.717) is 6.54 Å². The van der Waals surface area contributed by atoms with E-state index < -0.39 is 12.0 Å². The maximum absolute atomic E-state index is 10.4. The SMILES string of the molecule is C[C@@H](NCCCn1ccnc1)C(=O)O. The standard InChI is InChI=1S/C9H15N3O2/c1-8(9(13)14)11-3-2-5-12-6-4-10-7-12/h4,6-8,11H,2-3,5H2,1H3,(H,13,14)/t8-/m1/s1. The van der Waals surface area contributed by atoms with Crippen LogP contribution in [0, 0.1) is 0 Å². The molecule has 0 spiro atoms. The molecule has 0 saturated heterocycles. The molecule has 0 fully saturated rings. The number of nitrogens with one attached hydrogen (secondary N) is 1. The molecule has 0 radical (unpaired) electrons. The number of carboxylic acids is 1. The van der Waals surface area contributed by atoms with Crippen LogP contribution in [0.3, 0.4) is 0 Å². The molecule has 14 heavy (non-hydrogen) atoms. The molecule has 5 heteroatoms. The molecule has 0 bridgehead atoms. The zero-order valence-electron chi connectivity index (χ0n) is 8.18. The number of aliphatic carboxylic acids is 1. The topological polar surface area (TPSA) is 67.2 Å². The van der Waals surface area contributed by atoms with Gasteiger partial charge in [0.15, 0.2) is 0 Å². The largest absolute Gasteiger partial charge is 0.480 e. The first-order chi connectivity index (χ1) is 6.70. The van der Waals surface area contributed by atoms with Gasteiger partial charge in [0.1, 0.15) is 6.04 Å². The minimum atomic E-state index is -0.812. The third kappa shape index (κ3) is 3.57. The molecule has 5 nitrogen and oxygen atoms in total. The highest BCUT2D eigenvalue weighted by Crippen LogP contribution is 1.90. The second-order valence-corrected chi connectivity index (χ2v) is 3.17. The van der Waals surface area contributed by atoms with Crippen molar-refractivity contribution in [2.45, 2.75) is 25.9 Å². The Kier molecular flexibility index (Phi) is 4.12. The number of imidazole rings is 1. The molecule has 2 N–H and O–H groups in total. The van der Waals surface area contributed by atoms with Gasteiger partial charge in [-0.25, -0.2) is 4.98 Å². The van der Waals surface area contributed by atoms with Gasteiger partial charge in [-0.3, -0.25) is 4.79 Å². The molecule has 1 atom stereocenters. The summed E-state index contributed by atoms with van der Waals surface area (Å²) in [6.07, 6.45) is 6.27. The van der Waals surface area contributed by atoms with E-state index in [1.54, 1.807) is 19.4 Å². The van der Waals surface area contributed by atoms with E-state index in [0.717, 1.165) is 13.0 Å². The fraction of sp³-hybridized carbons (Fsp3) is 0.556. The molecule has 0 aromatic carbocycles. The lowest BCUT2D eigenvalue weighted by atomic mass is 10.3. The lowest BCUT2D eigenvalue weighted by molar-refractivity contribution is -0.138. The summed E-state index contributed by atoms with van der Waals surface area (Å²) in [5, 5.41) is 11.5. The third-order valence-electron chi connectivity index (χ3n) is 1.97. The number of carboxylic acid groups (broad SMARTS) is 1. The van der Waals surface area contributed by atoms with Crippen molar-refractivity contribution in [1.82, 2.24) is 14.9 Å². The van der Waals surface area contributed by atoms with Crippen LogP contribution in [-0.4, -0.2) is 33.2 Å². The van der Waals surface area contributed by atoms with Gasteiger partial charge in [0.2, 0.25) is 0 Å². The molecule has 0 aliphatic heterocycles. The summed E-state index contributed by atoms with van der Waals surface area (Å²) in [6.45, 7) is 3.20. The molecular weight excluding hydrogens is 182 g/mol. The maximum atomic E-state index is 10.4. The van der Waals surface area contributed by atoms with Crippen LogP contribution in [0.15, 0.2) is 18.7 Å². The Hall–Kier alpha value is -1.36. The molecule has 1 rings (SSSR count). The maximum Gasteiger partial charge on any atom is 0.320 e. The van der Waals surface area contributed by atoms with Crippen molar-refractivity contribution in [3.8, 4) is 0 Å². The Morgan fingerprint density at radius 1 is 1.71 bits per heavy atom. The van der Waals surface area contributed by atoms with Crippen molar-refractivity contribution in [2.75, 3.05) is 6.54 Å². The lowest BCUT2D eigenvalue weighted by Crippen LogP contribution is -2.34. The molecule has 1 aromatic heterocycles. The first kappa shape index (κ1) is 10.7. The van der Waals surface area contributed by atoms with E-state index >= 15 is 0 Å². The van der Waals surface area contributed by atoms with Gasteiger partial charge in [-0.15, -0.1) is 0 Å². The minimum Gasteiger partial charge on any atom is -0.480 e. The summed E-state index contributed by atoms with van der Waals surface area (Å²) in [5.41, 5.74) is 0. The quantitative estimate of drug-likeness (QED) is 0.645. The summed E-state index contributed by atoms with van der Waals surface area (Å²) in [4.78, 5) is 14.4. The Balaban J connectivity index is 2.08. The molecule has 0 amide bonds. The van der Waals surface area contributed by atoms with E-state index in [1.807, 2.05) is 10.8 Å². The fourth-order valence-corrected chi connectivity index (χ4v) is 1.09. The summed E-state index contributed by atoms with van der Waals surface area (Å²) < 4.78 is 1.97. The smallest absolute Gasteiger partial charge is 0.320 e. The van der Waals surface area contributed by atoms with Gasteiger partial charge in [0.25, 0.3) is 0 Å². The van der Waals surface area contributed by atoms with Crippen molar-refractivity contribution in [2.24, 2.45) is 0 Å². The average molecular weight is 197 g/mol. The van der Waals surface area contributed by atoms with Crippen LogP contribution in [0.25, 0.3) is 0 Å². The summed E-state index contributed by atoms with van der Waals surface area (Å²) in [5.74, 6) is -0.812. The molecule has 78 valence electrons. The summed E-state index contributed by atoms with van der Waals surface area (Å²) >= 11 is 0. The van der Waals surface area contributed by atoms with Gasteiger partial charge in [0, 0.05) is 18.9 Å². The van der Waals surface area contributed by atoms with Gasteiger partial charge >= 0.3 is 5.97 Å². The van der Waals surface area contributed by atoms with Crippen LogP contribution in [0.4, 0.5) is 0 Å². The van der Waals surface area contributed by atoms with E-state index in [4.69, 9.17) is 5.11 Å². The molecule has 1 aromatic rings. The second kappa shape index (κ2) is 5.39. The van der Waals surface area contributed by atoms with E-state index in [9.17, 15) is 4.79 Å². The van der Waals surface area contributed by atoms with Crippen molar-refractivity contribution in [3.63, 3.8) is 0 Å². The molecule has 0 aliphatic rings. The Morgan fingerprint density at radius 3 is 3.07 bits per heavy atom. The number of hydrogen-bond donors (Lipinski definition) is 2. The minimum absolute atomic E-state index is 0.474. The van der Waals surface area contributed by atoms with E-state index in [2.05, 4.69) is 10.3 Å². The normalized spacial score (nSPS) is 12.6. The zero-order valence-corrected chi connectivity index (χ0v) is 8.18. The zero-order chi connectivity index (χ0) is 10.4. The molecule has 0 aliphatic carbocycles. The monoisotopic (exact) mass is 197 g/mol. The second-order valence-electron chi connectivity index (χ2n) is 3.17. The summed E-state index contributed by atoms with van der Waals surface area (Å²) in [7, 11) is 0. The van der Waals surface area contributed by atoms with Gasteiger partial charge in [-0.1, -0.05) is 0 Å². The first-order valence-electron chi connectivity index (χ1n) is 4.62. The molecular formula is C9H15N3O2. The molecule has 0 unspecified atom stereocenters. The van der Waals surface area contributed by atoms with Crippen LogP contribution in [-0.2, 0) is 11.3 Å². The van der Waals surface area contributed by atoms with Gasteiger partial charge in [0.05, 0.1) is 6.33 Å². The number of aryl methyl sites for hydroxylation is 1. The number of nitrogens with zero attached hydrogens (tertiary/aromatic N) is 2. The van der Waals surface area contributed by atoms with Gasteiger partial charge in [-0.2, -0.15) is 0 Å². The molecule has 1 heterocycles. The predicted molar refractivity (Wildman–Crippen MR) is 51.9 cm³/mol.